The van der Waals surface area contributed by atoms with Crippen LogP contribution in [-0.4, -0.2) is 34.8 Å². The van der Waals surface area contributed by atoms with E-state index in [1.807, 2.05) is 0 Å². The number of hydrogen-bond acceptors (Lipinski definition) is 6. The SMILES string of the molecule is CCOP(=O)(OCC)c1ccc(NC(=O)CCCCCCCCCCCCC(=O)Nc2ccc(P(=O)(O)O)cc2)cc1. The van der Waals surface area contributed by atoms with E-state index in [0.717, 1.165) is 64.2 Å². The summed E-state index contributed by atoms with van der Waals surface area (Å²) in [6.07, 6.45) is 11.3. The smallest absolute Gasteiger partial charge is 0.326 e. The second-order valence-corrected chi connectivity index (χ2v) is 13.7. The van der Waals surface area contributed by atoms with Crippen LogP contribution in [-0.2, 0) is 27.8 Å². The summed E-state index contributed by atoms with van der Waals surface area (Å²) < 4.78 is 34.7. The van der Waals surface area contributed by atoms with Crippen molar-refractivity contribution in [2.24, 2.45) is 0 Å². The van der Waals surface area contributed by atoms with Crippen molar-refractivity contribution >= 4 is 49.0 Å². The monoisotopic (exact) mass is 624 g/mol. The summed E-state index contributed by atoms with van der Waals surface area (Å²) in [6.45, 7) is 4.10. The van der Waals surface area contributed by atoms with Crippen LogP contribution in [0, 0.1) is 0 Å². The molecule has 0 unspecified atom stereocenters. The average Bonchev–Trinajstić information content (AvgIpc) is 2.94. The lowest BCUT2D eigenvalue weighted by Crippen LogP contribution is -2.13. The zero-order chi connectivity index (χ0) is 30.8. The first-order valence-corrected chi connectivity index (χ1v) is 18.0. The molecule has 2 aromatic carbocycles. The van der Waals surface area contributed by atoms with E-state index in [1.54, 1.807) is 38.1 Å². The summed E-state index contributed by atoms with van der Waals surface area (Å²) in [5.41, 5.74) is 1.18. The molecule has 0 heterocycles. The third kappa shape index (κ3) is 13.8. The molecular formula is C30H46N2O8P2. The Morgan fingerprint density at radius 3 is 1.26 bits per heavy atom. The molecule has 2 amide bonds. The van der Waals surface area contributed by atoms with Crippen LogP contribution >= 0.6 is 15.2 Å². The molecule has 0 aliphatic rings. The van der Waals surface area contributed by atoms with Gasteiger partial charge in [0.25, 0.3) is 0 Å². The summed E-state index contributed by atoms with van der Waals surface area (Å²) in [5, 5.41) is 6.04. The lowest BCUT2D eigenvalue weighted by molar-refractivity contribution is -0.117. The molecule has 0 radical (unpaired) electrons. The van der Waals surface area contributed by atoms with Gasteiger partial charge in [-0.05, 0) is 75.2 Å². The number of benzene rings is 2. The molecule has 0 bridgehead atoms. The maximum Gasteiger partial charge on any atom is 0.361 e. The predicted molar refractivity (Wildman–Crippen MR) is 168 cm³/mol. The van der Waals surface area contributed by atoms with Gasteiger partial charge >= 0.3 is 15.2 Å². The van der Waals surface area contributed by atoms with Gasteiger partial charge in [-0.2, -0.15) is 0 Å². The van der Waals surface area contributed by atoms with Crippen molar-refractivity contribution in [1.82, 2.24) is 0 Å². The lowest BCUT2D eigenvalue weighted by Gasteiger charge is -2.17. The molecule has 0 atom stereocenters. The van der Waals surface area contributed by atoms with E-state index in [9.17, 15) is 18.7 Å². The molecule has 0 aliphatic carbocycles. The van der Waals surface area contributed by atoms with Gasteiger partial charge in [-0.3, -0.25) is 18.7 Å². The van der Waals surface area contributed by atoms with Gasteiger partial charge < -0.3 is 29.5 Å². The molecular weight excluding hydrogens is 578 g/mol. The van der Waals surface area contributed by atoms with Gasteiger partial charge in [-0.25, -0.2) is 0 Å². The van der Waals surface area contributed by atoms with Gasteiger partial charge in [0.15, 0.2) is 0 Å². The minimum absolute atomic E-state index is 0.0352. The molecule has 0 saturated carbocycles. The van der Waals surface area contributed by atoms with Crippen LogP contribution in [0.2, 0.25) is 0 Å². The Balaban J connectivity index is 1.46. The number of anilines is 2. The van der Waals surface area contributed by atoms with Crippen LogP contribution in [0.15, 0.2) is 48.5 Å². The molecule has 0 aromatic heterocycles. The highest BCUT2D eigenvalue weighted by Crippen LogP contribution is 2.46. The zero-order valence-electron chi connectivity index (χ0n) is 24.8. The van der Waals surface area contributed by atoms with E-state index in [1.165, 1.54) is 24.3 Å². The number of amides is 2. The minimum Gasteiger partial charge on any atom is -0.326 e. The van der Waals surface area contributed by atoms with Crippen molar-refractivity contribution in [3.8, 4) is 0 Å². The Morgan fingerprint density at radius 2 is 0.929 bits per heavy atom. The quantitative estimate of drug-likeness (QED) is 0.0892. The Bertz CT molecular complexity index is 1170. The maximum atomic E-state index is 12.8. The van der Waals surface area contributed by atoms with E-state index in [0.29, 0.717) is 29.5 Å². The fourth-order valence-electron chi connectivity index (χ4n) is 4.42. The van der Waals surface area contributed by atoms with Crippen molar-refractivity contribution in [2.75, 3.05) is 23.8 Å². The number of hydrogen-bond donors (Lipinski definition) is 4. The minimum atomic E-state index is -4.28. The molecule has 2 rings (SSSR count). The highest BCUT2D eigenvalue weighted by Gasteiger charge is 2.26. The fourth-order valence-corrected chi connectivity index (χ4v) is 6.53. The molecule has 234 valence electrons. The van der Waals surface area contributed by atoms with Crippen molar-refractivity contribution in [3.63, 3.8) is 0 Å². The Kier molecular flexibility index (Phi) is 16.3. The molecule has 10 nitrogen and oxygen atoms in total. The van der Waals surface area contributed by atoms with Gasteiger partial charge in [0.1, 0.15) is 0 Å². The number of nitrogens with one attached hydrogen (secondary N) is 2. The second kappa shape index (κ2) is 19.1. The summed E-state index contributed by atoms with van der Waals surface area (Å²) in [4.78, 5) is 42.6. The van der Waals surface area contributed by atoms with Crippen LogP contribution in [0.1, 0.15) is 90.9 Å². The molecule has 2 aromatic rings. The summed E-state index contributed by atoms with van der Waals surface area (Å²) >= 11 is 0. The van der Waals surface area contributed by atoms with E-state index >= 15 is 0 Å². The molecule has 4 N–H and O–H groups in total. The van der Waals surface area contributed by atoms with Crippen LogP contribution in [0.25, 0.3) is 0 Å². The fraction of sp³-hybridized carbons (Fsp3) is 0.533. The third-order valence-electron chi connectivity index (χ3n) is 6.61. The maximum absolute atomic E-state index is 12.8. The Labute approximate surface area is 249 Å². The second-order valence-electron chi connectivity index (χ2n) is 10.1. The number of rotatable bonds is 21. The molecule has 0 spiro atoms. The predicted octanol–water partition coefficient (Wildman–Crippen LogP) is 6.64. The van der Waals surface area contributed by atoms with Crippen LogP contribution in [0.3, 0.4) is 0 Å². The topological polar surface area (TPSA) is 151 Å². The zero-order valence-corrected chi connectivity index (χ0v) is 26.5. The Morgan fingerprint density at radius 1 is 0.595 bits per heavy atom. The third-order valence-corrected chi connectivity index (χ3v) is 9.71. The molecule has 0 fully saturated rings. The number of carbonyl (C=O) groups excluding carboxylic acids is 2. The van der Waals surface area contributed by atoms with Crippen LogP contribution in [0.4, 0.5) is 11.4 Å². The standard InChI is InChI=1S/C30H46N2O8P2/c1-3-39-42(38,40-4-2)28-23-19-26(20-24-28)32-30(34)16-14-12-10-8-6-5-7-9-11-13-15-29(33)31-25-17-21-27(22-18-25)41(35,36)37/h17-24H,3-16H2,1-2H3,(H,31,33)(H,32,34)(H2,35,36,37). The highest BCUT2D eigenvalue weighted by molar-refractivity contribution is 7.62. The largest absolute Gasteiger partial charge is 0.361 e. The van der Waals surface area contributed by atoms with E-state index in [-0.39, 0.29) is 30.3 Å². The van der Waals surface area contributed by atoms with E-state index < -0.39 is 15.2 Å². The summed E-state index contributed by atoms with van der Waals surface area (Å²) in [5.74, 6) is -0.135. The van der Waals surface area contributed by atoms with Crippen LogP contribution in [0.5, 0.6) is 0 Å². The van der Waals surface area contributed by atoms with Crippen molar-refractivity contribution < 1.29 is 37.6 Å². The van der Waals surface area contributed by atoms with Crippen molar-refractivity contribution in [2.45, 2.75) is 90.9 Å². The van der Waals surface area contributed by atoms with Gasteiger partial charge in [-0.1, -0.05) is 51.4 Å². The highest BCUT2D eigenvalue weighted by atomic mass is 31.2. The first-order valence-electron chi connectivity index (χ1n) is 14.8. The summed E-state index contributed by atoms with van der Waals surface area (Å²) in [7, 11) is -7.61. The van der Waals surface area contributed by atoms with Crippen molar-refractivity contribution in [1.29, 1.82) is 0 Å². The van der Waals surface area contributed by atoms with Crippen molar-refractivity contribution in [3.05, 3.63) is 48.5 Å². The van der Waals surface area contributed by atoms with Crippen LogP contribution < -0.4 is 21.2 Å². The van der Waals surface area contributed by atoms with E-state index in [4.69, 9.17) is 18.8 Å². The molecule has 0 saturated heterocycles. The van der Waals surface area contributed by atoms with Gasteiger partial charge in [0.05, 0.1) is 23.8 Å². The molecule has 0 aliphatic heterocycles. The first-order chi connectivity index (χ1) is 20.1. The lowest BCUT2D eigenvalue weighted by atomic mass is 10.0. The number of unbranched alkanes of at least 4 members (excludes halogenated alkanes) is 9. The normalized spacial score (nSPS) is 11.8. The van der Waals surface area contributed by atoms with E-state index in [2.05, 4.69) is 10.6 Å². The Hall–Kier alpha value is -2.32. The first kappa shape index (κ1) is 35.9. The molecule has 42 heavy (non-hydrogen) atoms. The summed E-state index contributed by atoms with van der Waals surface area (Å²) in [6, 6.07) is 12.4. The number of carbonyl (C=O) groups is 2. The van der Waals surface area contributed by atoms with Gasteiger partial charge in [0.2, 0.25) is 11.8 Å². The average molecular weight is 625 g/mol. The van der Waals surface area contributed by atoms with Gasteiger partial charge in [0, 0.05) is 24.2 Å². The molecule has 12 heteroatoms. The van der Waals surface area contributed by atoms with Gasteiger partial charge in [-0.15, -0.1) is 0 Å².